The zero-order chi connectivity index (χ0) is 20.9. The minimum atomic E-state index is -4.53. The van der Waals surface area contributed by atoms with E-state index in [9.17, 15) is 22.0 Å². The van der Waals surface area contributed by atoms with Crippen molar-refractivity contribution in [3.05, 3.63) is 53.6 Å². The molecular formula is C18H16F2O7S. The topological polar surface area (TPSA) is 88.1 Å². The van der Waals surface area contributed by atoms with Crippen molar-refractivity contribution < 1.29 is 40.4 Å². The van der Waals surface area contributed by atoms with Crippen LogP contribution < -0.4 is 13.7 Å². The van der Waals surface area contributed by atoms with Crippen LogP contribution in [0.5, 0.6) is 17.2 Å². The number of carbonyl (C=O) groups is 1. The van der Waals surface area contributed by atoms with Crippen LogP contribution in [0.25, 0.3) is 6.08 Å². The van der Waals surface area contributed by atoms with Crippen LogP contribution in [0.2, 0.25) is 0 Å². The first kappa shape index (κ1) is 21.2. The largest absolute Gasteiger partial charge is 0.493 e. The molecule has 28 heavy (non-hydrogen) atoms. The second kappa shape index (κ2) is 8.70. The van der Waals surface area contributed by atoms with Gasteiger partial charge >= 0.3 is 16.1 Å². The average Bonchev–Trinajstić information content (AvgIpc) is 2.67. The van der Waals surface area contributed by atoms with Crippen LogP contribution in [0.3, 0.4) is 0 Å². The fourth-order valence-electron chi connectivity index (χ4n) is 2.16. The molecule has 0 bridgehead atoms. The molecule has 2 aromatic rings. The normalized spacial score (nSPS) is 11.3. The van der Waals surface area contributed by atoms with Gasteiger partial charge < -0.3 is 18.4 Å². The lowest BCUT2D eigenvalue weighted by Crippen LogP contribution is -2.12. The number of methoxy groups -OCH3 is 3. The van der Waals surface area contributed by atoms with Crippen molar-refractivity contribution in [3.63, 3.8) is 0 Å². The quantitative estimate of drug-likeness (QED) is 0.391. The molecule has 0 heterocycles. The molecule has 0 aliphatic heterocycles. The number of halogens is 2. The molecule has 0 spiro atoms. The molecule has 0 aliphatic rings. The van der Waals surface area contributed by atoms with Gasteiger partial charge in [-0.25, -0.2) is 13.6 Å². The van der Waals surface area contributed by atoms with E-state index >= 15 is 0 Å². The van der Waals surface area contributed by atoms with Crippen molar-refractivity contribution in [2.24, 2.45) is 0 Å². The minimum Gasteiger partial charge on any atom is -0.493 e. The Hall–Kier alpha value is -3.14. The molecule has 0 saturated carbocycles. The van der Waals surface area contributed by atoms with Gasteiger partial charge in [-0.2, -0.15) is 8.42 Å². The van der Waals surface area contributed by atoms with Gasteiger partial charge in [-0.15, -0.1) is 0 Å². The van der Waals surface area contributed by atoms with Crippen LogP contribution >= 0.6 is 0 Å². The standard InChI is InChI=1S/C18H16F2O7S/c1-24-15-8-11(4-7-17(21)25-2)9-16(18(15)26-3)28(22,23)27-12-5-6-13(19)14(20)10-12/h4-10H,1-3H3/b7-4+. The van der Waals surface area contributed by atoms with Crippen LogP contribution in [0, 0.1) is 11.6 Å². The Morgan fingerprint density at radius 1 is 1.00 bits per heavy atom. The molecule has 0 saturated heterocycles. The molecule has 10 heteroatoms. The summed E-state index contributed by atoms with van der Waals surface area (Å²) >= 11 is 0. The maximum atomic E-state index is 13.3. The predicted octanol–water partition coefficient (Wildman–Crippen LogP) is 2.94. The van der Waals surface area contributed by atoms with Crippen LogP contribution in [-0.2, 0) is 19.6 Å². The van der Waals surface area contributed by atoms with Gasteiger partial charge in [0.1, 0.15) is 5.75 Å². The molecule has 2 aromatic carbocycles. The van der Waals surface area contributed by atoms with Crippen molar-refractivity contribution in [2.45, 2.75) is 4.90 Å². The third-order valence-electron chi connectivity index (χ3n) is 3.45. The van der Waals surface area contributed by atoms with E-state index in [1.807, 2.05) is 0 Å². The molecule has 0 N–H and O–H groups in total. The highest BCUT2D eigenvalue weighted by atomic mass is 32.2. The molecule has 0 atom stereocenters. The third-order valence-corrected chi connectivity index (χ3v) is 4.70. The molecule has 2 rings (SSSR count). The van der Waals surface area contributed by atoms with E-state index in [2.05, 4.69) is 4.74 Å². The summed E-state index contributed by atoms with van der Waals surface area (Å²) in [5, 5.41) is 0. The monoisotopic (exact) mass is 414 g/mol. The fraction of sp³-hybridized carbons (Fsp3) is 0.167. The van der Waals surface area contributed by atoms with Gasteiger partial charge in [0.2, 0.25) is 0 Å². The van der Waals surface area contributed by atoms with Crippen molar-refractivity contribution >= 4 is 22.2 Å². The van der Waals surface area contributed by atoms with Gasteiger partial charge in [0, 0.05) is 12.1 Å². The van der Waals surface area contributed by atoms with Crippen LogP contribution in [0.15, 0.2) is 41.3 Å². The molecule has 0 fully saturated rings. The molecule has 0 aliphatic carbocycles. The summed E-state index contributed by atoms with van der Waals surface area (Å²) in [4.78, 5) is 10.8. The minimum absolute atomic E-state index is 0.0435. The average molecular weight is 414 g/mol. The van der Waals surface area contributed by atoms with E-state index in [0.29, 0.717) is 6.07 Å². The summed E-state index contributed by atoms with van der Waals surface area (Å²) in [6.45, 7) is 0. The Morgan fingerprint density at radius 2 is 1.71 bits per heavy atom. The molecule has 0 aromatic heterocycles. The van der Waals surface area contributed by atoms with Gasteiger partial charge in [0.25, 0.3) is 0 Å². The van der Waals surface area contributed by atoms with E-state index in [0.717, 1.165) is 24.3 Å². The lowest BCUT2D eigenvalue weighted by Gasteiger charge is -2.15. The molecule has 0 unspecified atom stereocenters. The maximum absolute atomic E-state index is 13.3. The van der Waals surface area contributed by atoms with Crippen LogP contribution in [0.1, 0.15) is 5.56 Å². The van der Waals surface area contributed by atoms with Gasteiger partial charge in [-0.05, 0) is 35.9 Å². The first-order chi connectivity index (χ1) is 13.2. The third kappa shape index (κ3) is 4.77. The Balaban J connectivity index is 2.54. The number of benzene rings is 2. The number of hydrogen-bond donors (Lipinski definition) is 0. The summed E-state index contributed by atoms with van der Waals surface area (Å²) in [7, 11) is -0.831. The molecule has 150 valence electrons. The van der Waals surface area contributed by atoms with Crippen molar-refractivity contribution in [3.8, 4) is 17.2 Å². The number of hydrogen-bond acceptors (Lipinski definition) is 7. The highest BCUT2D eigenvalue weighted by Gasteiger charge is 2.26. The first-order valence-electron chi connectivity index (χ1n) is 7.63. The van der Waals surface area contributed by atoms with Gasteiger partial charge in [0.05, 0.1) is 21.3 Å². The van der Waals surface area contributed by atoms with E-state index < -0.39 is 38.4 Å². The van der Waals surface area contributed by atoms with E-state index in [-0.39, 0.29) is 17.1 Å². The van der Waals surface area contributed by atoms with Crippen LogP contribution in [-0.4, -0.2) is 35.7 Å². The molecule has 0 amide bonds. The predicted molar refractivity (Wildman–Crippen MR) is 94.8 cm³/mol. The zero-order valence-electron chi connectivity index (χ0n) is 15.1. The fourth-order valence-corrected chi connectivity index (χ4v) is 3.30. The van der Waals surface area contributed by atoms with E-state index in [1.165, 1.54) is 33.5 Å². The highest BCUT2D eigenvalue weighted by molar-refractivity contribution is 7.87. The number of rotatable bonds is 7. The maximum Gasteiger partial charge on any atom is 0.343 e. The Bertz CT molecular complexity index is 1020. The second-order valence-corrected chi connectivity index (χ2v) is 6.74. The lowest BCUT2D eigenvalue weighted by molar-refractivity contribution is -0.134. The van der Waals surface area contributed by atoms with E-state index in [1.54, 1.807) is 0 Å². The smallest absolute Gasteiger partial charge is 0.343 e. The summed E-state index contributed by atoms with van der Waals surface area (Å²) in [5.41, 5.74) is 0.260. The summed E-state index contributed by atoms with van der Waals surface area (Å²) < 4.78 is 71.4. The Labute approximate surface area is 160 Å². The molecule has 0 radical (unpaired) electrons. The molecule has 7 nitrogen and oxygen atoms in total. The second-order valence-electron chi connectivity index (χ2n) is 5.22. The van der Waals surface area contributed by atoms with E-state index in [4.69, 9.17) is 13.7 Å². The SMILES string of the molecule is COC(=O)/C=C/c1cc(OC)c(OC)c(S(=O)(=O)Oc2ccc(F)c(F)c2)c1. The van der Waals surface area contributed by atoms with Gasteiger partial charge in [-0.3, -0.25) is 0 Å². The van der Waals surface area contributed by atoms with Crippen molar-refractivity contribution in [1.29, 1.82) is 0 Å². The van der Waals surface area contributed by atoms with Crippen molar-refractivity contribution in [1.82, 2.24) is 0 Å². The summed E-state index contributed by atoms with van der Waals surface area (Å²) in [6, 6.07) is 4.87. The lowest BCUT2D eigenvalue weighted by atomic mass is 10.2. The van der Waals surface area contributed by atoms with Crippen LogP contribution in [0.4, 0.5) is 8.78 Å². The number of esters is 1. The zero-order valence-corrected chi connectivity index (χ0v) is 15.9. The summed E-state index contributed by atoms with van der Waals surface area (Å²) in [5.74, 6) is -3.64. The van der Waals surface area contributed by atoms with Gasteiger partial charge in [0.15, 0.2) is 28.0 Å². The van der Waals surface area contributed by atoms with Gasteiger partial charge in [-0.1, -0.05) is 0 Å². The highest BCUT2D eigenvalue weighted by Crippen LogP contribution is 2.37. The Morgan fingerprint density at radius 3 is 2.29 bits per heavy atom. The Kier molecular flexibility index (Phi) is 6.57. The molecular weight excluding hydrogens is 398 g/mol. The number of ether oxygens (including phenoxy) is 3. The van der Waals surface area contributed by atoms with Crippen molar-refractivity contribution in [2.75, 3.05) is 21.3 Å². The first-order valence-corrected chi connectivity index (χ1v) is 9.04. The summed E-state index contributed by atoms with van der Waals surface area (Å²) in [6.07, 6.45) is 2.37. The number of carbonyl (C=O) groups excluding carboxylic acids is 1.